The largest absolute Gasteiger partial charge is 0.476 e. The topological polar surface area (TPSA) is 67.5 Å². The molecular formula is C19H12ClN3O2. The molecule has 0 fully saturated rings. The number of carboxylic acids is 1. The molecule has 0 amide bonds. The van der Waals surface area contributed by atoms with E-state index in [9.17, 15) is 9.90 Å². The summed E-state index contributed by atoms with van der Waals surface area (Å²) in [6, 6.07) is 20.4. The summed E-state index contributed by atoms with van der Waals surface area (Å²) in [6.45, 7) is 0. The molecule has 0 aliphatic heterocycles. The molecule has 0 aliphatic carbocycles. The van der Waals surface area contributed by atoms with E-state index in [-0.39, 0.29) is 5.69 Å². The van der Waals surface area contributed by atoms with Gasteiger partial charge in [-0.3, -0.25) is 0 Å². The lowest BCUT2D eigenvalue weighted by molar-refractivity contribution is 0.0690. The Morgan fingerprint density at radius 3 is 2.44 bits per heavy atom. The number of aromatic carboxylic acids is 1. The molecule has 0 unspecified atom stereocenters. The normalized spacial score (nSPS) is 10.9. The zero-order valence-corrected chi connectivity index (χ0v) is 13.7. The summed E-state index contributed by atoms with van der Waals surface area (Å²) >= 11 is 6.09. The Morgan fingerprint density at radius 2 is 1.72 bits per heavy atom. The lowest BCUT2D eigenvalue weighted by Gasteiger charge is -2.08. The molecule has 1 N–H and O–H groups in total. The molecule has 6 heteroatoms. The maximum atomic E-state index is 11.3. The number of nitrogens with zero attached hydrogens (tertiary/aromatic N) is 3. The Morgan fingerprint density at radius 1 is 0.960 bits per heavy atom. The van der Waals surface area contributed by atoms with E-state index >= 15 is 0 Å². The Hall–Kier alpha value is -3.18. The van der Waals surface area contributed by atoms with Gasteiger partial charge in [-0.1, -0.05) is 54.1 Å². The highest BCUT2D eigenvalue weighted by Crippen LogP contribution is 2.27. The van der Waals surface area contributed by atoms with Crippen LogP contribution in [0.3, 0.4) is 0 Å². The number of rotatable bonds is 3. The Balaban J connectivity index is 2.01. The number of carbonyl (C=O) groups is 1. The van der Waals surface area contributed by atoms with E-state index in [1.54, 1.807) is 10.6 Å². The van der Waals surface area contributed by atoms with E-state index in [2.05, 4.69) is 10.1 Å². The van der Waals surface area contributed by atoms with Crippen molar-refractivity contribution in [1.82, 2.24) is 14.6 Å². The van der Waals surface area contributed by atoms with Gasteiger partial charge in [0.25, 0.3) is 0 Å². The molecule has 4 aromatic rings. The lowest BCUT2D eigenvalue weighted by Crippen LogP contribution is -2.00. The van der Waals surface area contributed by atoms with Crippen molar-refractivity contribution in [1.29, 1.82) is 0 Å². The van der Waals surface area contributed by atoms with Crippen LogP contribution in [0.15, 0.2) is 66.7 Å². The van der Waals surface area contributed by atoms with Crippen molar-refractivity contribution in [3.05, 3.63) is 77.4 Å². The second-order valence-corrected chi connectivity index (χ2v) is 5.94. The average molecular weight is 350 g/mol. The van der Waals surface area contributed by atoms with Crippen molar-refractivity contribution in [3.63, 3.8) is 0 Å². The summed E-state index contributed by atoms with van der Waals surface area (Å²) in [5.74, 6) is -1.09. The van der Waals surface area contributed by atoms with Crippen LogP contribution in [0.2, 0.25) is 5.02 Å². The number of halogens is 1. The van der Waals surface area contributed by atoms with Crippen LogP contribution in [-0.4, -0.2) is 25.7 Å². The van der Waals surface area contributed by atoms with Gasteiger partial charge in [-0.05, 0) is 18.2 Å². The van der Waals surface area contributed by atoms with Crippen molar-refractivity contribution in [3.8, 4) is 22.5 Å². The van der Waals surface area contributed by atoms with Gasteiger partial charge in [-0.15, -0.1) is 0 Å². The van der Waals surface area contributed by atoms with Crippen LogP contribution in [0, 0.1) is 0 Å². The van der Waals surface area contributed by atoms with Crippen molar-refractivity contribution in [2.75, 3.05) is 0 Å². The predicted molar refractivity (Wildman–Crippen MR) is 95.8 cm³/mol. The van der Waals surface area contributed by atoms with Gasteiger partial charge >= 0.3 is 5.97 Å². The summed E-state index contributed by atoms with van der Waals surface area (Å²) in [5, 5.41) is 14.0. The third-order valence-electron chi connectivity index (χ3n) is 3.84. The molecular weight excluding hydrogens is 338 g/mol. The van der Waals surface area contributed by atoms with Crippen LogP contribution in [0.25, 0.3) is 28.2 Å². The SMILES string of the molecule is O=C(O)c1cc2nc(-c3cccc(Cl)c3)cc(-c3ccccc3)n2n1. The lowest BCUT2D eigenvalue weighted by atomic mass is 10.1. The molecule has 25 heavy (non-hydrogen) atoms. The van der Waals surface area contributed by atoms with Crippen molar-refractivity contribution >= 4 is 23.2 Å². The van der Waals surface area contributed by atoms with Gasteiger partial charge in [0.15, 0.2) is 11.3 Å². The molecule has 5 nitrogen and oxygen atoms in total. The van der Waals surface area contributed by atoms with Gasteiger partial charge in [-0.25, -0.2) is 14.3 Å². The van der Waals surface area contributed by atoms with Gasteiger partial charge in [0.2, 0.25) is 0 Å². The highest BCUT2D eigenvalue weighted by molar-refractivity contribution is 6.30. The second-order valence-electron chi connectivity index (χ2n) is 5.51. The number of benzene rings is 2. The number of fused-ring (bicyclic) bond motifs is 1. The first kappa shape index (κ1) is 15.4. The number of hydrogen-bond acceptors (Lipinski definition) is 3. The fourth-order valence-corrected chi connectivity index (χ4v) is 2.88. The summed E-state index contributed by atoms with van der Waals surface area (Å²) in [7, 11) is 0. The summed E-state index contributed by atoms with van der Waals surface area (Å²) in [6.07, 6.45) is 0. The van der Waals surface area contributed by atoms with Crippen molar-refractivity contribution < 1.29 is 9.90 Å². The molecule has 2 aromatic carbocycles. The third-order valence-corrected chi connectivity index (χ3v) is 4.07. The first-order chi connectivity index (χ1) is 12.1. The standard InChI is InChI=1S/C19H12ClN3O2/c20-14-8-4-7-13(9-14)15-10-17(12-5-2-1-3-6-12)23-18(21-15)11-16(22-23)19(24)25/h1-11H,(H,24,25). The first-order valence-corrected chi connectivity index (χ1v) is 7.95. The summed E-state index contributed by atoms with van der Waals surface area (Å²) < 4.78 is 1.55. The molecule has 0 radical (unpaired) electrons. The van der Waals surface area contributed by atoms with E-state index in [1.165, 1.54) is 6.07 Å². The minimum Gasteiger partial charge on any atom is -0.476 e. The maximum absolute atomic E-state index is 11.3. The van der Waals surface area contributed by atoms with E-state index in [0.29, 0.717) is 16.4 Å². The number of aromatic nitrogens is 3. The van der Waals surface area contributed by atoms with Crippen LogP contribution in [0.5, 0.6) is 0 Å². The molecule has 4 rings (SSSR count). The van der Waals surface area contributed by atoms with E-state index in [4.69, 9.17) is 11.6 Å². The van der Waals surface area contributed by atoms with E-state index in [0.717, 1.165) is 16.8 Å². The molecule has 0 saturated carbocycles. The van der Waals surface area contributed by atoms with Crippen LogP contribution in [-0.2, 0) is 0 Å². The Labute approximate surface area is 148 Å². The molecule has 122 valence electrons. The van der Waals surface area contributed by atoms with Gasteiger partial charge < -0.3 is 5.11 Å². The Kier molecular flexibility index (Phi) is 3.71. The van der Waals surface area contributed by atoms with Crippen LogP contribution >= 0.6 is 11.6 Å². The minimum atomic E-state index is -1.09. The zero-order chi connectivity index (χ0) is 17.4. The predicted octanol–water partition coefficient (Wildman–Crippen LogP) is 4.41. The molecule has 2 heterocycles. The third kappa shape index (κ3) is 2.86. The smallest absolute Gasteiger partial charge is 0.356 e. The molecule has 0 atom stereocenters. The second kappa shape index (κ2) is 6.03. The quantitative estimate of drug-likeness (QED) is 0.594. The molecule has 0 spiro atoms. The minimum absolute atomic E-state index is 0.0482. The van der Waals surface area contributed by atoms with Gasteiger partial charge in [0.05, 0.1) is 11.4 Å². The van der Waals surface area contributed by atoms with Gasteiger partial charge in [0.1, 0.15) is 0 Å². The zero-order valence-electron chi connectivity index (χ0n) is 12.9. The van der Waals surface area contributed by atoms with Crippen molar-refractivity contribution in [2.45, 2.75) is 0 Å². The number of carboxylic acid groups (broad SMARTS) is 1. The van der Waals surface area contributed by atoms with Crippen molar-refractivity contribution in [2.24, 2.45) is 0 Å². The fraction of sp³-hybridized carbons (Fsp3) is 0. The van der Waals surface area contributed by atoms with Crippen LogP contribution in [0.1, 0.15) is 10.5 Å². The maximum Gasteiger partial charge on any atom is 0.356 e. The monoisotopic (exact) mass is 349 g/mol. The average Bonchev–Trinajstić information content (AvgIpc) is 3.06. The fourth-order valence-electron chi connectivity index (χ4n) is 2.69. The Bertz CT molecular complexity index is 1090. The van der Waals surface area contributed by atoms with E-state index < -0.39 is 5.97 Å². The van der Waals surface area contributed by atoms with Gasteiger partial charge in [0, 0.05) is 22.2 Å². The highest BCUT2D eigenvalue weighted by atomic mass is 35.5. The molecule has 2 aromatic heterocycles. The molecule has 0 bridgehead atoms. The molecule has 0 aliphatic rings. The van der Waals surface area contributed by atoms with E-state index in [1.807, 2.05) is 54.6 Å². The highest BCUT2D eigenvalue weighted by Gasteiger charge is 2.15. The number of hydrogen-bond donors (Lipinski definition) is 1. The van der Waals surface area contributed by atoms with Crippen LogP contribution < -0.4 is 0 Å². The molecule has 0 saturated heterocycles. The summed E-state index contributed by atoms with van der Waals surface area (Å²) in [5.41, 5.74) is 3.64. The summed E-state index contributed by atoms with van der Waals surface area (Å²) in [4.78, 5) is 15.9. The van der Waals surface area contributed by atoms with Gasteiger partial charge in [-0.2, -0.15) is 5.10 Å². The van der Waals surface area contributed by atoms with Crippen LogP contribution in [0.4, 0.5) is 0 Å². The first-order valence-electron chi connectivity index (χ1n) is 7.57.